The predicted octanol–water partition coefficient (Wildman–Crippen LogP) is 3.37. The van der Waals surface area contributed by atoms with E-state index >= 15 is 0 Å². The van der Waals surface area contributed by atoms with Gasteiger partial charge in [0, 0.05) is 13.0 Å². The van der Waals surface area contributed by atoms with Crippen LogP contribution in [0.15, 0.2) is 42.5 Å². The van der Waals surface area contributed by atoms with Crippen molar-refractivity contribution < 1.29 is 19.1 Å². The number of carbonyl (C=O) groups excluding carboxylic acids is 2. The highest BCUT2D eigenvalue weighted by Gasteiger charge is 2.15. The summed E-state index contributed by atoms with van der Waals surface area (Å²) in [6.07, 6.45) is 0.881. The van der Waals surface area contributed by atoms with Gasteiger partial charge in [-0.1, -0.05) is 32.0 Å². The Morgan fingerprint density at radius 2 is 1.85 bits per heavy atom. The van der Waals surface area contributed by atoms with E-state index in [2.05, 4.69) is 10.6 Å². The number of carbonyl (C=O) groups is 2. The van der Waals surface area contributed by atoms with Crippen LogP contribution in [0.2, 0.25) is 0 Å². The van der Waals surface area contributed by atoms with Crippen LogP contribution in [-0.4, -0.2) is 25.2 Å². The lowest BCUT2D eigenvalue weighted by atomic mass is 10.1. The molecule has 2 aromatic rings. The van der Waals surface area contributed by atoms with E-state index in [0.717, 1.165) is 11.3 Å². The Morgan fingerprint density at radius 1 is 1.07 bits per heavy atom. The fraction of sp³-hybridized carbons (Fsp3) is 0.333. The first-order valence-electron chi connectivity index (χ1n) is 9.08. The van der Waals surface area contributed by atoms with Crippen LogP contribution in [0.3, 0.4) is 0 Å². The molecule has 0 saturated heterocycles. The van der Waals surface area contributed by atoms with Gasteiger partial charge in [0.05, 0.1) is 11.3 Å². The molecule has 2 amide bonds. The van der Waals surface area contributed by atoms with E-state index in [0.29, 0.717) is 42.3 Å². The molecule has 1 aliphatic heterocycles. The third-order valence-corrected chi connectivity index (χ3v) is 4.19. The van der Waals surface area contributed by atoms with Crippen molar-refractivity contribution in [3.05, 3.63) is 53.6 Å². The number of ether oxygens (including phenoxy) is 2. The fourth-order valence-electron chi connectivity index (χ4n) is 2.75. The minimum absolute atomic E-state index is 0.142. The summed E-state index contributed by atoms with van der Waals surface area (Å²) >= 11 is 0. The van der Waals surface area contributed by atoms with Gasteiger partial charge in [-0.2, -0.15) is 0 Å². The lowest BCUT2D eigenvalue weighted by Crippen LogP contribution is -2.28. The average Bonchev–Trinajstić information content (AvgIpc) is 3.12. The van der Waals surface area contributed by atoms with Crippen LogP contribution in [0.5, 0.6) is 11.5 Å². The second-order valence-electron chi connectivity index (χ2n) is 6.89. The van der Waals surface area contributed by atoms with Gasteiger partial charge in [0.15, 0.2) is 11.5 Å². The topological polar surface area (TPSA) is 76.7 Å². The molecule has 0 aliphatic carbocycles. The molecule has 2 N–H and O–H groups in total. The molecule has 0 unspecified atom stereocenters. The molecule has 0 spiro atoms. The van der Waals surface area contributed by atoms with Crippen molar-refractivity contribution in [2.45, 2.75) is 26.7 Å². The maximum Gasteiger partial charge on any atom is 0.253 e. The number of anilines is 1. The normalized spacial score (nSPS) is 12.1. The van der Waals surface area contributed by atoms with Gasteiger partial charge < -0.3 is 20.1 Å². The molecule has 3 rings (SSSR count). The van der Waals surface area contributed by atoms with E-state index in [-0.39, 0.29) is 18.6 Å². The second kappa shape index (κ2) is 8.58. The zero-order valence-corrected chi connectivity index (χ0v) is 15.6. The molecule has 6 nitrogen and oxygen atoms in total. The third kappa shape index (κ3) is 5.00. The Bertz CT molecular complexity index is 833. The molecule has 1 aliphatic rings. The molecule has 0 saturated carbocycles. The van der Waals surface area contributed by atoms with Crippen molar-refractivity contribution in [2.75, 3.05) is 18.7 Å². The van der Waals surface area contributed by atoms with E-state index in [1.807, 2.05) is 32.0 Å². The Morgan fingerprint density at radius 3 is 2.67 bits per heavy atom. The van der Waals surface area contributed by atoms with Crippen LogP contribution in [0.25, 0.3) is 0 Å². The average molecular weight is 368 g/mol. The predicted molar refractivity (Wildman–Crippen MR) is 103 cm³/mol. The lowest BCUT2D eigenvalue weighted by molar-refractivity contribution is -0.116. The van der Waals surface area contributed by atoms with Crippen LogP contribution in [0.4, 0.5) is 5.69 Å². The molecule has 2 aromatic carbocycles. The van der Waals surface area contributed by atoms with Crippen molar-refractivity contribution in [1.82, 2.24) is 5.32 Å². The van der Waals surface area contributed by atoms with E-state index in [9.17, 15) is 9.59 Å². The minimum atomic E-state index is -0.185. The van der Waals surface area contributed by atoms with Crippen molar-refractivity contribution >= 4 is 17.5 Å². The lowest BCUT2D eigenvalue weighted by Gasteiger charge is -2.12. The second-order valence-corrected chi connectivity index (χ2v) is 6.89. The highest BCUT2D eigenvalue weighted by atomic mass is 16.7. The number of hydrogen-bond acceptors (Lipinski definition) is 4. The molecular formula is C21H24N2O4. The zero-order chi connectivity index (χ0) is 19.2. The quantitative estimate of drug-likeness (QED) is 0.786. The van der Waals surface area contributed by atoms with Gasteiger partial charge in [-0.3, -0.25) is 9.59 Å². The van der Waals surface area contributed by atoms with Gasteiger partial charge in [0.1, 0.15) is 0 Å². The minimum Gasteiger partial charge on any atom is -0.454 e. The Balaban J connectivity index is 1.58. The highest BCUT2D eigenvalue weighted by molar-refractivity contribution is 6.03. The van der Waals surface area contributed by atoms with Crippen LogP contribution in [-0.2, 0) is 11.2 Å². The summed E-state index contributed by atoms with van der Waals surface area (Å²) < 4.78 is 10.6. The van der Waals surface area contributed by atoms with Crippen LogP contribution < -0.4 is 20.1 Å². The molecule has 6 heteroatoms. The number of nitrogens with one attached hydrogen (secondary N) is 2. The van der Waals surface area contributed by atoms with Gasteiger partial charge in [-0.15, -0.1) is 0 Å². The Hall–Kier alpha value is -3.02. The van der Waals surface area contributed by atoms with Crippen molar-refractivity contribution in [2.24, 2.45) is 5.92 Å². The van der Waals surface area contributed by atoms with Crippen LogP contribution in [0, 0.1) is 5.92 Å². The summed E-state index contributed by atoms with van der Waals surface area (Å²) in [6.45, 7) is 4.88. The number of fused-ring (bicyclic) bond motifs is 1. The summed E-state index contributed by atoms with van der Waals surface area (Å²) in [5, 5.41) is 5.72. The highest BCUT2D eigenvalue weighted by Crippen LogP contribution is 2.32. The van der Waals surface area contributed by atoms with Gasteiger partial charge in [-0.05, 0) is 42.2 Å². The summed E-state index contributed by atoms with van der Waals surface area (Å²) in [4.78, 5) is 24.7. The summed E-state index contributed by atoms with van der Waals surface area (Å²) in [7, 11) is 0. The standard InChI is InChI=1S/C21H24N2O4/c1-14(2)12-22-21(25)16-5-3-4-6-17(16)23-20(24)10-8-15-7-9-18-19(11-15)27-13-26-18/h3-7,9,11,14H,8,10,12-13H2,1-2H3,(H,22,25)(H,23,24). The molecule has 27 heavy (non-hydrogen) atoms. The first-order valence-corrected chi connectivity index (χ1v) is 9.08. The summed E-state index contributed by atoms with van der Waals surface area (Å²) in [6, 6.07) is 12.7. The van der Waals surface area contributed by atoms with Crippen molar-refractivity contribution in [3.63, 3.8) is 0 Å². The third-order valence-electron chi connectivity index (χ3n) is 4.19. The number of hydrogen-bond donors (Lipinski definition) is 2. The van der Waals surface area contributed by atoms with Crippen LogP contribution in [0.1, 0.15) is 36.2 Å². The monoisotopic (exact) mass is 368 g/mol. The number of benzene rings is 2. The number of amides is 2. The van der Waals surface area contributed by atoms with Crippen molar-refractivity contribution in [1.29, 1.82) is 0 Å². The summed E-state index contributed by atoms with van der Waals surface area (Å²) in [5.74, 6) is 1.47. The van der Waals surface area contributed by atoms with E-state index < -0.39 is 0 Å². The number of rotatable bonds is 7. The molecule has 0 aromatic heterocycles. The SMILES string of the molecule is CC(C)CNC(=O)c1ccccc1NC(=O)CCc1ccc2c(c1)OCO2. The number of aryl methyl sites for hydroxylation is 1. The van der Waals surface area contributed by atoms with Crippen molar-refractivity contribution in [3.8, 4) is 11.5 Å². The van der Waals surface area contributed by atoms with E-state index in [1.165, 1.54) is 0 Å². The zero-order valence-electron chi connectivity index (χ0n) is 15.6. The number of para-hydroxylation sites is 1. The van der Waals surface area contributed by atoms with Gasteiger partial charge >= 0.3 is 0 Å². The van der Waals surface area contributed by atoms with Gasteiger partial charge in [0.25, 0.3) is 5.91 Å². The first-order chi connectivity index (χ1) is 13.0. The smallest absolute Gasteiger partial charge is 0.253 e. The fourth-order valence-corrected chi connectivity index (χ4v) is 2.75. The molecule has 0 radical (unpaired) electrons. The van der Waals surface area contributed by atoms with Gasteiger partial charge in [0.2, 0.25) is 12.7 Å². The van der Waals surface area contributed by atoms with Crippen LogP contribution >= 0.6 is 0 Å². The first kappa shape index (κ1) is 18.8. The molecule has 1 heterocycles. The molecule has 0 fully saturated rings. The maximum absolute atomic E-state index is 12.4. The molecule has 0 atom stereocenters. The maximum atomic E-state index is 12.4. The molecular weight excluding hydrogens is 344 g/mol. The molecule has 0 bridgehead atoms. The van der Waals surface area contributed by atoms with E-state index in [1.54, 1.807) is 24.3 Å². The Labute approximate surface area is 158 Å². The van der Waals surface area contributed by atoms with E-state index in [4.69, 9.17) is 9.47 Å². The molecule has 142 valence electrons. The largest absolute Gasteiger partial charge is 0.454 e. The van der Waals surface area contributed by atoms with Gasteiger partial charge in [-0.25, -0.2) is 0 Å². The Kier molecular flexibility index (Phi) is 5.96. The summed E-state index contributed by atoms with van der Waals surface area (Å²) in [5.41, 5.74) is 1.99.